The van der Waals surface area contributed by atoms with Crippen LogP contribution in [-0.4, -0.2) is 29.6 Å². The molecule has 0 radical (unpaired) electrons. The van der Waals surface area contributed by atoms with Crippen LogP contribution in [0.25, 0.3) is 0 Å². The highest BCUT2D eigenvalue weighted by atomic mass is 16.5. The van der Waals surface area contributed by atoms with Crippen LogP contribution < -0.4 is 16.0 Å². The standard InChI is InChI=1S/C17H27N3O/c1-17(2,20-10-3-4-11-20)16(19-18)13-6-5-7-15(12-13)21-14-8-9-14/h5-7,12,14,16,19H,3-4,8-11,18H2,1-2H3. The van der Waals surface area contributed by atoms with Gasteiger partial charge in [-0.15, -0.1) is 0 Å². The molecule has 0 spiro atoms. The van der Waals surface area contributed by atoms with Gasteiger partial charge in [-0.2, -0.15) is 0 Å². The molecule has 3 rings (SSSR count). The molecule has 2 aliphatic rings. The topological polar surface area (TPSA) is 50.5 Å². The smallest absolute Gasteiger partial charge is 0.120 e. The molecule has 1 aromatic rings. The van der Waals surface area contributed by atoms with Crippen molar-refractivity contribution < 1.29 is 4.74 Å². The van der Waals surface area contributed by atoms with Gasteiger partial charge < -0.3 is 4.74 Å². The molecule has 1 aliphatic carbocycles. The van der Waals surface area contributed by atoms with Crippen molar-refractivity contribution in [3.63, 3.8) is 0 Å². The first kappa shape index (κ1) is 14.8. The van der Waals surface area contributed by atoms with E-state index >= 15 is 0 Å². The molecule has 1 saturated heterocycles. The normalized spacial score (nSPS) is 21.5. The molecule has 1 unspecified atom stereocenters. The Balaban J connectivity index is 1.80. The van der Waals surface area contributed by atoms with Gasteiger partial charge in [0.15, 0.2) is 0 Å². The minimum absolute atomic E-state index is 0.0105. The van der Waals surface area contributed by atoms with Gasteiger partial charge in [0.05, 0.1) is 12.1 Å². The number of hydrazine groups is 1. The van der Waals surface area contributed by atoms with E-state index < -0.39 is 0 Å². The summed E-state index contributed by atoms with van der Waals surface area (Å²) in [6, 6.07) is 8.48. The van der Waals surface area contributed by atoms with E-state index in [0.29, 0.717) is 6.10 Å². The zero-order chi connectivity index (χ0) is 14.9. The molecule has 4 heteroatoms. The molecule has 1 aliphatic heterocycles. The Kier molecular flexibility index (Phi) is 4.20. The lowest BCUT2D eigenvalue weighted by molar-refractivity contribution is 0.107. The molecular formula is C17H27N3O. The average molecular weight is 289 g/mol. The number of hydrogen-bond donors (Lipinski definition) is 2. The van der Waals surface area contributed by atoms with Gasteiger partial charge in [-0.3, -0.25) is 16.2 Å². The van der Waals surface area contributed by atoms with E-state index in [9.17, 15) is 0 Å². The summed E-state index contributed by atoms with van der Waals surface area (Å²) in [6.45, 7) is 6.86. The maximum atomic E-state index is 5.92. The van der Waals surface area contributed by atoms with Crippen molar-refractivity contribution in [2.75, 3.05) is 13.1 Å². The van der Waals surface area contributed by atoms with Crippen LogP contribution in [0.15, 0.2) is 24.3 Å². The van der Waals surface area contributed by atoms with E-state index in [1.165, 1.54) is 31.2 Å². The molecule has 0 bridgehead atoms. The number of ether oxygens (including phenoxy) is 1. The van der Waals surface area contributed by atoms with Crippen LogP contribution >= 0.6 is 0 Å². The van der Waals surface area contributed by atoms with Crippen molar-refractivity contribution in [3.8, 4) is 5.75 Å². The lowest BCUT2D eigenvalue weighted by Gasteiger charge is -2.42. The van der Waals surface area contributed by atoms with E-state index in [-0.39, 0.29) is 11.6 Å². The van der Waals surface area contributed by atoms with E-state index in [1.807, 2.05) is 6.07 Å². The minimum atomic E-state index is -0.0105. The Bertz CT molecular complexity index is 479. The van der Waals surface area contributed by atoms with E-state index in [2.05, 4.69) is 42.4 Å². The average Bonchev–Trinajstić information content (AvgIpc) is 3.08. The SMILES string of the molecule is CC(C)(C(NN)c1cccc(OC2CC2)c1)N1CCCC1. The predicted molar refractivity (Wildman–Crippen MR) is 85.0 cm³/mol. The van der Waals surface area contributed by atoms with Gasteiger partial charge in [0, 0.05) is 5.54 Å². The maximum Gasteiger partial charge on any atom is 0.120 e. The van der Waals surface area contributed by atoms with Crippen LogP contribution in [0.1, 0.15) is 51.1 Å². The third-order valence-electron chi connectivity index (χ3n) is 4.81. The number of hydrogen-bond acceptors (Lipinski definition) is 4. The van der Waals surface area contributed by atoms with E-state index in [0.717, 1.165) is 18.8 Å². The van der Waals surface area contributed by atoms with Crippen LogP contribution in [-0.2, 0) is 0 Å². The van der Waals surface area contributed by atoms with Crippen LogP contribution in [0.5, 0.6) is 5.75 Å². The van der Waals surface area contributed by atoms with E-state index in [4.69, 9.17) is 10.6 Å². The second kappa shape index (κ2) is 5.95. The van der Waals surface area contributed by atoms with Crippen LogP contribution in [0, 0.1) is 0 Å². The largest absolute Gasteiger partial charge is 0.490 e. The molecule has 21 heavy (non-hydrogen) atoms. The van der Waals surface area contributed by atoms with Gasteiger partial charge in [0.1, 0.15) is 5.75 Å². The second-order valence-corrected chi connectivity index (χ2v) is 6.84. The Morgan fingerprint density at radius 3 is 2.62 bits per heavy atom. The Labute approximate surface area is 127 Å². The molecule has 1 atom stereocenters. The number of nitrogens with zero attached hydrogens (tertiary/aromatic N) is 1. The quantitative estimate of drug-likeness (QED) is 0.624. The van der Waals surface area contributed by atoms with Crippen molar-refractivity contribution >= 4 is 0 Å². The Morgan fingerprint density at radius 2 is 2.00 bits per heavy atom. The minimum Gasteiger partial charge on any atom is -0.490 e. The van der Waals surface area contributed by atoms with Crippen LogP contribution in [0.2, 0.25) is 0 Å². The summed E-state index contributed by atoms with van der Waals surface area (Å²) in [4.78, 5) is 2.53. The summed E-state index contributed by atoms with van der Waals surface area (Å²) >= 11 is 0. The maximum absolute atomic E-state index is 5.92. The molecule has 1 heterocycles. The molecule has 2 fully saturated rings. The fourth-order valence-corrected chi connectivity index (χ4v) is 3.33. The zero-order valence-corrected chi connectivity index (χ0v) is 13.1. The van der Waals surface area contributed by atoms with Crippen molar-refractivity contribution in [2.24, 2.45) is 5.84 Å². The van der Waals surface area contributed by atoms with Gasteiger partial charge >= 0.3 is 0 Å². The highest BCUT2D eigenvalue weighted by molar-refractivity contribution is 5.32. The number of rotatable bonds is 6. The zero-order valence-electron chi connectivity index (χ0n) is 13.1. The molecule has 3 N–H and O–H groups in total. The molecule has 4 nitrogen and oxygen atoms in total. The summed E-state index contributed by atoms with van der Waals surface area (Å²) < 4.78 is 5.92. The van der Waals surface area contributed by atoms with Crippen molar-refractivity contribution in [2.45, 2.75) is 57.2 Å². The highest BCUT2D eigenvalue weighted by Gasteiger charge is 2.37. The summed E-state index contributed by atoms with van der Waals surface area (Å²) in [5.74, 6) is 6.87. The lowest BCUT2D eigenvalue weighted by Crippen LogP contribution is -2.53. The predicted octanol–water partition coefficient (Wildman–Crippen LogP) is 2.61. The third kappa shape index (κ3) is 3.23. The Morgan fingerprint density at radius 1 is 1.29 bits per heavy atom. The van der Waals surface area contributed by atoms with Crippen molar-refractivity contribution in [1.82, 2.24) is 10.3 Å². The van der Waals surface area contributed by atoms with Gasteiger partial charge in [-0.25, -0.2) is 0 Å². The number of likely N-dealkylation sites (tertiary alicyclic amines) is 1. The summed E-state index contributed by atoms with van der Waals surface area (Å²) in [5.41, 5.74) is 4.23. The number of nitrogens with two attached hydrogens (primary N) is 1. The highest BCUT2D eigenvalue weighted by Crippen LogP contribution is 2.35. The van der Waals surface area contributed by atoms with Crippen LogP contribution in [0.3, 0.4) is 0 Å². The van der Waals surface area contributed by atoms with Gasteiger partial charge in [-0.1, -0.05) is 12.1 Å². The van der Waals surface area contributed by atoms with Gasteiger partial charge in [0.2, 0.25) is 0 Å². The molecule has 1 aromatic carbocycles. The first-order valence-electron chi connectivity index (χ1n) is 8.09. The van der Waals surface area contributed by atoms with E-state index in [1.54, 1.807) is 0 Å². The van der Waals surface area contributed by atoms with Gasteiger partial charge in [-0.05, 0) is 70.3 Å². The number of nitrogens with one attached hydrogen (secondary N) is 1. The molecule has 0 amide bonds. The van der Waals surface area contributed by atoms with Crippen molar-refractivity contribution in [3.05, 3.63) is 29.8 Å². The second-order valence-electron chi connectivity index (χ2n) is 6.84. The molecule has 1 saturated carbocycles. The van der Waals surface area contributed by atoms with Gasteiger partial charge in [0.25, 0.3) is 0 Å². The summed E-state index contributed by atoms with van der Waals surface area (Å²) in [6.07, 6.45) is 5.36. The fourth-order valence-electron chi connectivity index (χ4n) is 3.33. The first-order valence-corrected chi connectivity index (χ1v) is 8.09. The van der Waals surface area contributed by atoms with Crippen molar-refractivity contribution in [1.29, 1.82) is 0 Å². The third-order valence-corrected chi connectivity index (χ3v) is 4.81. The number of benzene rings is 1. The fraction of sp³-hybridized carbons (Fsp3) is 0.647. The first-order chi connectivity index (χ1) is 10.1. The molecular weight excluding hydrogens is 262 g/mol. The molecule has 0 aromatic heterocycles. The van der Waals surface area contributed by atoms with Crippen LogP contribution in [0.4, 0.5) is 0 Å². The summed E-state index contributed by atoms with van der Waals surface area (Å²) in [7, 11) is 0. The lowest BCUT2D eigenvalue weighted by atomic mass is 9.87. The summed E-state index contributed by atoms with van der Waals surface area (Å²) in [5, 5.41) is 0. The Hall–Kier alpha value is -1.10. The molecule has 116 valence electrons. The monoisotopic (exact) mass is 289 g/mol.